The third-order valence-corrected chi connectivity index (χ3v) is 3.33. The van der Waals surface area contributed by atoms with Gasteiger partial charge in [0.2, 0.25) is 0 Å². The lowest BCUT2D eigenvalue weighted by molar-refractivity contribution is 0.0964. The normalized spacial score (nSPS) is 19.2. The second-order valence-electron chi connectivity index (χ2n) is 4.45. The Morgan fingerprint density at radius 3 is 3.06 bits per heavy atom. The van der Waals surface area contributed by atoms with Crippen LogP contribution in [0, 0.1) is 0 Å². The quantitative estimate of drug-likeness (QED) is 0.637. The van der Waals surface area contributed by atoms with E-state index in [1.807, 2.05) is 7.05 Å². The maximum atomic E-state index is 11.8. The van der Waals surface area contributed by atoms with Crippen molar-refractivity contribution >= 4 is 11.7 Å². The molecule has 0 aliphatic carbocycles. The molecule has 0 atom stereocenters. The summed E-state index contributed by atoms with van der Waals surface area (Å²) in [5, 5.41) is 2.81. The third kappa shape index (κ3) is 1.21. The number of aromatic nitrogens is 1. The Labute approximate surface area is 93.6 Å². The fourth-order valence-corrected chi connectivity index (χ4v) is 2.48. The molecule has 3 rings (SSSR count). The predicted octanol–water partition coefficient (Wildman–Crippen LogP) is -0.105. The number of nitrogens with one attached hydrogen (secondary N) is 1. The molecule has 84 valence electrons. The minimum Gasteiger partial charge on any atom is -0.383 e. The van der Waals surface area contributed by atoms with E-state index in [2.05, 4.69) is 15.2 Å². The summed E-state index contributed by atoms with van der Waals surface area (Å²) in [7, 11) is 2.05. The van der Waals surface area contributed by atoms with E-state index in [-0.39, 0.29) is 5.91 Å². The first-order valence-electron chi connectivity index (χ1n) is 5.43. The zero-order valence-corrected chi connectivity index (χ0v) is 9.21. The van der Waals surface area contributed by atoms with E-state index in [0.717, 1.165) is 41.9 Å². The average molecular weight is 218 g/mol. The molecule has 0 saturated heterocycles. The second-order valence-corrected chi connectivity index (χ2v) is 4.45. The number of carbonyl (C=O) groups is 1. The van der Waals surface area contributed by atoms with Crippen LogP contribution in [0.2, 0.25) is 0 Å². The van der Waals surface area contributed by atoms with Crippen molar-refractivity contribution < 1.29 is 4.79 Å². The number of hydrogen-bond donors (Lipinski definition) is 2. The molecule has 0 radical (unpaired) electrons. The van der Waals surface area contributed by atoms with Gasteiger partial charge in [-0.3, -0.25) is 4.79 Å². The zero-order valence-electron chi connectivity index (χ0n) is 9.21. The van der Waals surface area contributed by atoms with Gasteiger partial charge in [0.1, 0.15) is 5.82 Å². The molecule has 0 spiro atoms. The highest BCUT2D eigenvalue weighted by Crippen LogP contribution is 2.29. The van der Waals surface area contributed by atoms with Crippen LogP contribution in [0.5, 0.6) is 0 Å². The summed E-state index contributed by atoms with van der Waals surface area (Å²) in [6, 6.07) is 0. The number of nitrogens with zero attached hydrogens (tertiary/aromatic N) is 2. The SMILES string of the molecule is CN1CCc2c(nc(N)c3c2C(=O)NC3)C1. The van der Waals surface area contributed by atoms with E-state index in [9.17, 15) is 4.79 Å². The van der Waals surface area contributed by atoms with Gasteiger partial charge in [0.25, 0.3) is 5.91 Å². The fourth-order valence-electron chi connectivity index (χ4n) is 2.48. The topological polar surface area (TPSA) is 71.2 Å². The number of anilines is 1. The molecule has 2 aliphatic rings. The first-order chi connectivity index (χ1) is 7.66. The molecule has 3 N–H and O–H groups in total. The molecular formula is C11H14N4O. The van der Waals surface area contributed by atoms with E-state index >= 15 is 0 Å². The van der Waals surface area contributed by atoms with Crippen LogP contribution in [-0.2, 0) is 19.5 Å². The van der Waals surface area contributed by atoms with Crippen molar-refractivity contribution in [3.63, 3.8) is 0 Å². The van der Waals surface area contributed by atoms with Gasteiger partial charge < -0.3 is 16.0 Å². The van der Waals surface area contributed by atoms with Crippen molar-refractivity contribution in [3.8, 4) is 0 Å². The summed E-state index contributed by atoms with van der Waals surface area (Å²) >= 11 is 0. The first kappa shape index (κ1) is 9.59. The van der Waals surface area contributed by atoms with Crippen LogP contribution in [0.25, 0.3) is 0 Å². The van der Waals surface area contributed by atoms with Crippen molar-refractivity contribution in [1.29, 1.82) is 0 Å². The van der Waals surface area contributed by atoms with Crippen molar-refractivity contribution in [2.75, 3.05) is 19.3 Å². The van der Waals surface area contributed by atoms with Gasteiger partial charge in [-0.15, -0.1) is 0 Å². The maximum Gasteiger partial charge on any atom is 0.252 e. The monoisotopic (exact) mass is 218 g/mol. The highest BCUT2D eigenvalue weighted by Gasteiger charge is 2.29. The molecule has 1 amide bonds. The summed E-state index contributed by atoms with van der Waals surface area (Å²) in [6.45, 7) is 2.27. The van der Waals surface area contributed by atoms with Crippen LogP contribution in [-0.4, -0.2) is 29.4 Å². The molecule has 0 aromatic carbocycles. The number of carbonyl (C=O) groups excluding carboxylic acids is 1. The molecule has 1 aromatic rings. The minimum atomic E-state index is 0.00454. The van der Waals surface area contributed by atoms with E-state index in [1.54, 1.807) is 0 Å². The number of fused-ring (bicyclic) bond motifs is 3. The van der Waals surface area contributed by atoms with Gasteiger partial charge in [-0.2, -0.15) is 0 Å². The Morgan fingerprint density at radius 2 is 2.25 bits per heavy atom. The molecule has 5 heteroatoms. The smallest absolute Gasteiger partial charge is 0.252 e. The lowest BCUT2D eigenvalue weighted by Crippen LogP contribution is -2.29. The molecule has 5 nitrogen and oxygen atoms in total. The number of amides is 1. The molecule has 0 saturated carbocycles. The van der Waals surface area contributed by atoms with Gasteiger partial charge >= 0.3 is 0 Å². The third-order valence-electron chi connectivity index (χ3n) is 3.33. The molecule has 2 aliphatic heterocycles. The summed E-state index contributed by atoms with van der Waals surface area (Å²) in [5.41, 5.74) is 9.61. The highest BCUT2D eigenvalue weighted by molar-refractivity contribution is 6.01. The van der Waals surface area contributed by atoms with Crippen molar-refractivity contribution in [2.45, 2.75) is 19.5 Å². The number of nitrogens with two attached hydrogens (primary N) is 1. The van der Waals surface area contributed by atoms with Gasteiger partial charge in [0.15, 0.2) is 0 Å². The Kier molecular flexibility index (Phi) is 1.91. The van der Waals surface area contributed by atoms with Gasteiger partial charge in [-0.05, 0) is 19.0 Å². The summed E-state index contributed by atoms with van der Waals surface area (Å²) in [5.74, 6) is 0.507. The van der Waals surface area contributed by atoms with Gasteiger partial charge in [-0.25, -0.2) is 4.98 Å². The van der Waals surface area contributed by atoms with Crippen LogP contribution in [0.4, 0.5) is 5.82 Å². The fraction of sp³-hybridized carbons (Fsp3) is 0.455. The summed E-state index contributed by atoms with van der Waals surface area (Å²) < 4.78 is 0. The van der Waals surface area contributed by atoms with Crippen LogP contribution in [0.15, 0.2) is 0 Å². The lowest BCUT2D eigenvalue weighted by atomic mass is 9.96. The summed E-state index contributed by atoms with van der Waals surface area (Å²) in [6.07, 6.45) is 0.884. The van der Waals surface area contributed by atoms with Crippen LogP contribution >= 0.6 is 0 Å². The predicted molar refractivity (Wildman–Crippen MR) is 59.9 cm³/mol. The number of rotatable bonds is 0. The minimum absolute atomic E-state index is 0.00454. The second kappa shape index (κ2) is 3.18. The summed E-state index contributed by atoms with van der Waals surface area (Å²) in [4.78, 5) is 18.4. The van der Waals surface area contributed by atoms with Gasteiger partial charge in [0.05, 0.1) is 11.3 Å². The Balaban J connectivity index is 2.22. The highest BCUT2D eigenvalue weighted by atomic mass is 16.1. The Hall–Kier alpha value is -1.62. The zero-order chi connectivity index (χ0) is 11.3. The van der Waals surface area contributed by atoms with Crippen molar-refractivity contribution in [1.82, 2.24) is 15.2 Å². The molecule has 3 heterocycles. The van der Waals surface area contributed by atoms with E-state index < -0.39 is 0 Å². The first-order valence-corrected chi connectivity index (χ1v) is 5.43. The van der Waals surface area contributed by atoms with Crippen molar-refractivity contribution in [2.24, 2.45) is 0 Å². The Morgan fingerprint density at radius 1 is 1.44 bits per heavy atom. The standard InChI is InChI=1S/C11H14N4O/c1-15-3-2-6-8(5-15)14-10(12)7-4-13-11(16)9(6)7/h2-5H2,1H3,(H2,12,14)(H,13,16). The number of likely N-dealkylation sites (N-methyl/N-ethyl adjacent to an activating group) is 1. The molecule has 0 fully saturated rings. The maximum absolute atomic E-state index is 11.8. The number of nitrogen functional groups attached to an aromatic ring is 1. The van der Waals surface area contributed by atoms with Crippen LogP contribution in [0.3, 0.4) is 0 Å². The molecular weight excluding hydrogens is 204 g/mol. The van der Waals surface area contributed by atoms with Gasteiger partial charge in [-0.1, -0.05) is 0 Å². The van der Waals surface area contributed by atoms with Crippen molar-refractivity contribution in [3.05, 3.63) is 22.4 Å². The molecule has 0 unspecified atom stereocenters. The molecule has 16 heavy (non-hydrogen) atoms. The lowest BCUT2D eigenvalue weighted by Gasteiger charge is -2.25. The Bertz CT molecular complexity index is 483. The van der Waals surface area contributed by atoms with Gasteiger partial charge in [0, 0.05) is 25.2 Å². The van der Waals surface area contributed by atoms with Crippen LogP contribution in [0.1, 0.15) is 27.2 Å². The number of hydrogen-bond acceptors (Lipinski definition) is 4. The van der Waals surface area contributed by atoms with E-state index in [4.69, 9.17) is 5.73 Å². The molecule has 1 aromatic heterocycles. The largest absolute Gasteiger partial charge is 0.383 e. The average Bonchev–Trinajstić information content (AvgIpc) is 2.61. The van der Waals surface area contributed by atoms with Crippen LogP contribution < -0.4 is 11.1 Å². The van der Waals surface area contributed by atoms with E-state index in [1.165, 1.54) is 0 Å². The van der Waals surface area contributed by atoms with E-state index in [0.29, 0.717) is 12.4 Å². The number of pyridine rings is 1. The molecule has 0 bridgehead atoms.